The van der Waals surface area contributed by atoms with Gasteiger partial charge in [-0.3, -0.25) is 4.79 Å². The van der Waals surface area contributed by atoms with Crippen LogP contribution in [0.4, 0.5) is 13.2 Å². The molecule has 2 rings (SSSR count). The van der Waals surface area contributed by atoms with Gasteiger partial charge in [0.2, 0.25) is 10.0 Å². The van der Waals surface area contributed by atoms with Gasteiger partial charge in [-0.1, -0.05) is 0 Å². The summed E-state index contributed by atoms with van der Waals surface area (Å²) >= 11 is 0. The minimum Gasteiger partial charge on any atom is -0.478 e. The Balaban J connectivity index is 2.10. The summed E-state index contributed by atoms with van der Waals surface area (Å²) in [6.07, 6.45) is -4.99. The van der Waals surface area contributed by atoms with E-state index < -0.39 is 28.1 Å². The Morgan fingerprint density at radius 1 is 1.00 bits per heavy atom. The van der Waals surface area contributed by atoms with Crippen molar-refractivity contribution >= 4 is 21.9 Å². The van der Waals surface area contributed by atoms with Crippen molar-refractivity contribution in [3.05, 3.63) is 29.8 Å². The minimum absolute atomic E-state index is 0.0884. The van der Waals surface area contributed by atoms with Gasteiger partial charge in [0, 0.05) is 26.2 Å². The number of amides is 1. The highest BCUT2D eigenvalue weighted by atomic mass is 32.2. The molecule has 1 aliphatic rings. The number of benzene rings is 1. The van der Waals surface area contributed by atoms with E-state index in [2.05, 4.69) is 0 Å². The molecule has 1 saturated heterocycles. The van der Waals surface area contributed by atoms with Gasteiger partial charge in [0.25, 0.3) is 0 Å². The third kappa shape index (κ3) is 3.67. The van der Waals surface area contributed by atoms with E-state index in [1.807, 2.05) is 0 Å². The summed E-state index contributed by atoms with van der Waals surface area (Å²) in [5, 5.41) is 8.78. The summed E-state index contributed by atoms with van der Waals surface area (Å²) in [7, 11) is -3.97. The van der Waals surface area contributed by atoms with Gasteiger partial charge >= 0.3 is 18.1 Å². The molecule has 0 atom stereocenters. The number of sulfonamides is 1. The fourth-order valence-electron chi connectivity index (χ4n) is 2.23. The second kappa shape index (κ2) is 6.40. The van der Waals surface area contributed by atoms with Crippen LogP contribution in [0.25, 0.3) is 0 Å². The van der Waals surface area contributed by atoms with Gasteiger partial charge in [-0.25, -0.2) is 13.2 Å². The molecule has 1 fully saturated rings. The standard InChI is InChI=1S/C13H13F3N2O5S/c14-13(15,16)12(21)17-5-7-18(8-6-17)24(22,23)10-3-1-9(2-4-10)11(19)20/h1-4H,5-8H2,(H,19,20). The minimum atomic E-state index is -4.99. The molecule has 1 aromatic carbocycles. The SMILES string of the molecule is O=C(O)c1ccc(S(=O)(=O)N2CCN(C(=O)C(F)(F)F)CC2)cc1. The number of alkyl halides is 3. The quantitative estimate of drug-likeness (QED) is 0.853. The summed E-state index contributed by atoms with van der Waals surface area (Å²) in [5.74, 6) is -3.21. The van der Waals surface area contributed by atoms with E-state index in [0.717, 1.165) is 28.6 Å². The number of rotatable bonds is 3. The Bertz CT molecular complexity index is 738. The molecule has 132 valence electrons. The van der Waals surface area contributed by atoms with Crippen LogP contribution in [0.3, 0.4) is 0 Å². The molecular formula is C13H13F3N2O5S. The van der Waals surface area contributed by atoms with Gasteiger partial charge in [-0.15, -0.1) is 0 Å². The number of carboxylic acids is 1. The highest BCUT2D eigenvalue weighted by Gasteiger charge is 2.44. The van der Waals surface area contributed by atoms with Gasteiger partial charge in [0.15, 0.2) is 0 Å². The Hall–Kier alpha value is -2.14. The van der Waals surface area contributed by atoms with Crippen molar-refractivity contribution in [2.24, 2.45) is 0 Å². The monoisotopic (exact) mass is 366 g/mol. The molecule has 1 heterocycles. The smallest absolute Gasteiger partial charge is 0.471 e. The summed E-state index contributed by atoms with van der Waals surface area (Å²) < 4.78 is 62.8. The normalized spacial score (nSPS) is 16.9. The molecule has 1 aromatic rings. The number of aromatic carboxylic acids is 1. The molecule has 11 heteroatoms. The van der Waals surface area contributed by atoms with Crippen LogP contribution in [-0.4, -0.2) is 67.0 Å². The van der Waals surface area contributed by atoms with Crippen molar-refractivity contribution in [2.45, 2.75) is 11.1 Å². The Morgan fingerprint density at radius 3 is 1.92 bits per heavy atom. The van der Waals surface area contributed by atoms with Crippen LogP contribution in [-0.2, 0) is 14.8 Å². The van der Waals surface area contributed by atoms with Crippen LogP contribution < -0.4 is 0 Å². The summed E-state index contributed by atoms with van der Waals surface area (Å²) in [6, 6.07) is 4.48. The van der Waals surface area contributed by atoms with Crippen molar-refractivity contribution in [3.63, 3.8) is 0 Å². The maximum atomic E-state index is 12.4. The average Bonchev–Trinajstić information content (AvgIpc) is 2.53. The number of piperazine rings is 1. The lowest BCUT2D eigenvalue weighted by Crippen LogP contribution is -2.53. The predicted molar refractivity (Wildman–Crippen MR) is 74.8 cm³/mol. The molecular weight excluding hydrogens is 353 g/mol. The molecule has 0 spiro atoms. The Kier molecular flexibility index (Phi) is 4.85. The van der Waals surface area contributed by atoms with E-state index in [9.17, 15) is 31.2 Å². The van der Waals surface area contributed by atoms with Gasteiger partial charge in [-0.2, -0.15) is 17.5 Å². The second-order valence-electron chi connectivity index (χ2n) is 5.02. The molecule has 0 aliphatic carbocycles. The van der Waals surface area contributed by atoms with Crippen LogP contribution in [0, 0.1) is 0 Å². The summed E-state index contributed by atoms with van der Waals surface area (Å²) in [4.78, 5) is 22.3. The van der Waals surface area contributed by atoms with Gasteiger partial charge < -0.3 is 10.0 Å². The molecule has 1 aliphatic heterocycles. The van der Waals surface area contributed by atoms with E-state index in [1.54, 1.807) is 0 Å². The highest BCUT2D eigenvalue weighted by Crippen LogP contribution is 2.22. The van der Waals surface area contributed by atoms with Crippen molar-refractivity contribution in [2.75, 3.05) is 26.2 Å². The molecule has 0 unspecified atom stereocenters. The van der Waals surface area contributed by atoms with Crippen LogP contribution in [0.1, 0.15) is 10.4 Å². The fourth-order valence-corrected chi connectivity index (χ4v) is 3.65. The van der Waals surface area contributed by atoms with E-state index in [1.165, 1.54) is 0 Å². The maximum absolute atomic E-state index is 12.4. The van der Waals surface area contributed by atoms with Crippen LogP contribution in [0.15, 0.2) is 29.2 Å². The van der Waals surface area contributed by atoms with E-state index >= 15 is 0 Å². The zero-order valence-electron chi connectivity index (χ0n) is 12.2. The zero-order chi connectivity index (χ0) is 18.1. The van der Waals surface area contributed by atoms with Gasteiger partial charge in [-0.05, 0) is 24.3 Å². The first kappa shape index (κ1) is 18.2. The number of hydrogen-bond donors (Lipinski definition) is 1. The lowest BCUT2D eigenvalue weighted by atomic mass is 10.2. The molecule has 0 saturated carbocycles. The number of carbonyl (C=O) groups excluding carboxylic acids is 1. The van der Waals surface area contributed by atoms with Crippen molar-refractivity contribution in [1.29, 1.82) is 0 Å². The third-order valence-electron chi connectivity index (χ3n) is 3.51. The van der Waals surface area contributed by atoms with Crippen molar-refractivity contribution in [3.8, 4) is 0 Å². The van der Waals surface area contributed by atoms with Crippen molar-refractivity contribution in [1.82, 2.24) is 9.21 Å². The lowest BCUT2D eigenvalue weighted by Gasteiger charge is -2.34. The van der Waals surface area contributed by atoms with E-state index in [-0.39, 0.29) is 36.6 Å². The van der Waals surface area contributed by atoms with Crippen LogP contribution in [0.2, 0.25) is 0 Å². The fraction of sp³-hybridized carbons (Fsp3) is 0.385. The molecule has 1 amide bonds. The molecule has 0 aromatic heterocycles. The first-order valence-electron chi connectivity index (χ1n) is 6.73. The van der Waals surface area contributed by atoms with E-state index in [0.29, 0.717) is 4.90 Å². The molecule has 24 heavy (non-hydrogen) atoms. The molecule has 7 nitrogen and oxygen atoms in total. The Labute approximate surface area is 135 Å². The van der Waals surface area contributed by atoms with E-state index in [4.69, 9.17) is 5.11 Å². The molecule has 0 bridgehead atoms. The number of carbonyl (C=O) groups is 2. The van der Waals surface area contributed by atoms with Crippen LogP contribution >= 0.6 is 0 Å². The average molecular weight is 366 g/mol. The Morgan fingerprint density at radius 2 is 1.50 bits per heavy atom. The van der Waals surface area contributed by atoms with Crippen molar-refractivity contribution < 1.29 is 36.3 Å². The highest BCUT2D eigenvalue weighted by molar-refractivity contribution is 7.89. The van der Waals surface area contributed by atoms with Gasteiger partial charge in [0.05, 0.1) is 10.5 Å². The first-order chi connectivity index (χ1) is 11.0. The number of carboxylic acid groups (broad SMARTS) is 1. The number of nitrogens with zero attached hydrogens (tertiary/aromatic N) is 2. The van der Waals surface area contributed by atoms with Crippen LogP contribution in [0.5, 0.6) is 0 Å². The first-order valence-corrected chi connectivity index (χ1v) is 8.17. The zero-order valence-corrected chi connectivity index (χ0v) is 13.0. The lowest BCUT2D eigenvalue weighted by molar-refractivity contribution is -0.186. The maximum Gasteiger partial charge on any atom is 0.471 e. The topological polar surface area (TPSA) is 95.0 Å². The third-order valence-corrected chi connectivity index (χ3v) is 5.42. The van der Waals surface area contributed by atoms with Gasteiger partial charge in [0.1, 0.15) is 0 Å². The molecule has 0 radical (unpaired) electrons. The summed E-state index contributed by atoms with van der Waals surface area (Å²) in [6.45, 7) is -1.29. The molecule has 1 N–H and O–H groups in total. The number of halogens is 3. The largest absolute Gasteiger partial charge is 0.478 e. The number of hydrogen-bond acceptors (Lipinski definition) is 4. The predicted octanol–water partition coefficient (Wildman–Crippen LogP) is 0.780. The summed E-state index contributed by atoms with van der Waals surface area (Å²) in [5.41, 5.74) is -0.0884. The second-order valence-corrected chi connectivity index (χ2v) is 6.96.